The molecule has 0 saturated heterocycles. The molecule has 54 heavy (non-hydrogen) atoms. The van der Waals surface area contributed by atoms with E-state index in [-0.39, 0.29) is 26.1 Å². The van der Waals surface area contributed by atoms with Crippen molar-refractivity contribution in [1.29, 1.82) is 0 Å². The molecule has 0 amide bonds. The van der Waals surface area contributed by atoms with Crippen LogP contribution in [0.5, 0.6) is 0 Å². The van der Waals surface area contributed by atoms with E-state index in [2.05, 4.69) is 98.9 Å². The van der Waals surface area contributed by atoms with E-state index in [1.54, 1.807) is 6.92 Å². The smallest absolute Gasteiger partial charge is 0.462 e. The van der Waals surface area contributed by atoms with Gasteiger partial charge in [-0.25, -0.2) is 4.57 Å². The van der Waals surface area contributed by atoms with Crippen LogP contribution in [0.4, 0.5) is 0 Å². The number of phosphoric ester groups is 1. The average molecular weight is 775 g/mol. The molecule has 2 unspecified atom stereocenters. The Morgan fingerprint density at radius 1 is 0.519 bits per heavy atom. The summed E-state index contributed by atoms with van der Waals surface area (Å²) in [7, 11) is -4.30. The van der Waals surface area contributed by atoms with E-state index in [0.29, 0.717) is 12.8 Å². The molecule has 9 heteroatoms. The zero-order valence-corrected chi connectivity index (χ0v) is 35.0. The first kappa shape index (κ1) is 51.2. The van der Waals surface area contributed by atoms with Crippen molar-refractivity contribution in [2.24, 2.45) is 0 Å². The van der Waals surface area contributed by atoms with Crippen molar-refractivity contribution in [3.05, 3.63) is 85.1 Å². The second-order valence-electron chi connectivity index (χ2n) is 13.3. The third kappa shape index (κ3) is 38.9. The Hall–Kier alpha value is -2.77. The second kappa shape index (κ2) is 39.9. The summed E-state index contributed by atoms with van der Waals surface area (Å²) >= 11 is 0. The number of carbonyl (C=O) groups excluding carboxylic acids is 2. The van der Waals surface area contributed by atoms with Gasteiger partial charge in [0.1, 0.15) is 6.61 Å². The van der Waals surface area contributed by atoms with Gasteiger partial charge in [0.05, 0.1) is 13.2 Å². The lowest BCUT2D eigenvalue weighted by atomic mass is 10.1. The lowest BCUT2D eigenvalue weighted by Gasteiger charge is -2.19. The number of allylic oxidation sites excluding steroid dienone is 14. The normalized spacial score (nSPS) is 14.2. The van der Waals surface area contributed by atoms with Gasteiger partial charge in [-0.05, 0) is 96.8 Å². The zero-order chi connectivity index (χ0) is 39.6. The zero-order valence-electron chi connectivity index (χ0n) is 34.1. The summed E-state index contributed by atoms with van der Waals surface area (Å²) < 4.78 is 32.6. The van der Waals surface area contributed by atoms with E-state index in [4.69, 9.17) is 18.5 Å². The van der Waals surface area contributed by atoms with Gasteiger partial charge in [0, 0.05) is 12.8 Å². The lowest BCUT2D eigenvalue weighted by molar-refractivity contribution is -0.161. The van der Waals surface area contributed by atoms with E-state index in [9.17, 15) is 19.0 Å². The average Bonchev–Trinajstić information content (AvgIpc) is 3.15. The van der Waals surface area contributed by atoms with Crippen LogP contribution in [0.25, 0.3) is 0 Å². The number of hydrogen-bond acceptors (Lipinski definition) is 7. The van der Waals surface area contributed by atoms with Crippen LogP contribution in [0.2, 0.25) is 0 Å². The standard InChI is InChI=1S/C45H75O8P/c1-4-7-9-11-13-15-17-19-21-22-23-24-26-28-30-32-34-36-38-40-45(47)53-43(42-52-54(48,49)51-6-3)41-50-44(46)39-37-35-33-31-29-27-25-20-18-16-14-12-10-8-5-2/h7,9,13-16,19-21,23-25,28,30,43H,4-6,8,10-12,17-18,22,26-27,29,31-42H2,1-3H3,(H,48,49)/b9-7-,15-13-,16-14-,21-19-,24-23-,25-20-,30-28-. The predicted octanol–water partition coefficient (Wildman–Crippen LogP) is 13.1. The summed E-state index contributed by atoms with van der Waals surface area (Å²) in [4.78, 5) is 34.7. The predicted molar refractivity (Wildman–Crippen MR) is 225 cm³/mol. The van der Waals surface area contributed by atoms with Crippen LogP contribution in [0.15, 0.2) is 85.1 Å². The van der Waals surface area contributed by atoms with Crippen molar-refractivity contribution in [3.63, 3.8) is 0 Å². The Labute approximate surface area is 329 Å². The van der Waals surface area contributed by atoms with Crippen molar-refractivity contribution >= 4 is 19.8 Å². The van der Waals surface area contributed by atoms with Crippen molar-refractivity contribution in [2.45, 2.75) is 168 Å². The molecule has 2 atom stereocenters. The summed E-state index contributed by atoms with van der Waals surface area (Å²) in [5.41, 5.74) is 0. The highest BCUT2D eigenvalue weighted by atomic mass is 31.2. The van der Waals surface area contributed by atoms with Crippen LogP contribution in [-0.4, -0.2) is 42.8 Å². The third-order valence-electron chi connectivity index (χ3n) is 8.19. The first-order chi connectivity index (χ1) is 26.3. The summed E-state index contributed by atoms with van der Waals surface area (Å²) in [6.45, 7) is 5.26. The molecule has 0 bridgehead atoms. The second-order valence-corrected chi connectivity index (χ2v) is 14.7. The van der Waals surface area contributed by atoms with Crippen LogP contribution in [-0.2, 0) is 32.7 Å². The Bertz CT molecular complexity index is 1150. The first-order valence-corrected chi connectivity index (χ1v) is 22.4. The van der Waals surface area contributed by atoms with Crippen LogP contribution in [0.1, 0.15) is 162 Å². The van der Waals surface area contributed by atoms with Crippen LogP contribution in [0.3, 0.4) is 0 Å². The van der Waals surface area contributed by atoms with Crippen molar-refractivity contribution in [3.8, 4) is 0 Å². The number of ether oxygens (including phenoxy) is 2. The van der Waals surface area contributed by atoms with Crippen LogP contribution < -0.4 is 0 Å². The van der Waals surface area contributed by atoms with Gasteiger partial charge in [-0.2, -0.15) is 0 Å². The van der Waals surface area contributed by atoms with Gasteiger partial charge in [0.2, 0.25) is 0 Å². The Kier molecular flexibility index (Phi) is 37.9. The number of unbranched alkanes of at least 4 members (excludes halogenated alkanes) is 11. The maximum Gasteiger partial charge on any atom is 0.472 e. The molecule has 0 aliphatic heterocycles. The molecular weight excluding hydrogens is 699 g/mol. The summed E-state index contributed by atoms with van der Waals surface area (Å²) in [6, 6.07) is 0. The molecule has 1 N–H and O–H groups in total. The van der Waals surface area contributed by atoms with Gasteiger partial charge >= 0.3 is 19.8 Å². The number of phosphoric acid groups is 1. The Morgan fingerprint density at radius 2 is 0.944 bits per heavy atom. The van der Waals surface area contributed by atoms with E-state index >= 15 is 0 Å². The molecule has 0 rings (SSSR count). The highest BCUT2D eigenvalue weighted by Gasteiger charge is 2.25. The van der Waals surface area contributed by atoms with E-state index in [1.165, 1.54) is 25.7 Å². The fourth-order valence-electron chi connectivity index (χ4n) is 5.15. The highest BCUT2D eigenvalue weighted by molar-refractivity contribution is 7.47. The molecule has 0 aromatic carbocycles. The number of hydrogen-bond donors (Lipinski definition) is 1. The molecule has 0 aromatic rings. The highest BCUT2D eigenvalue weighted by Crippen LogP contribution is 2.43. The molecule has 0 aliphatic carbocycles. The quantitative estimate of drug-likeness (QED) is 0.0288. The summed E-state index contributed by atoms with van der Waals surface area (Å²) in [6.07, 6.45) is 50.6. The molecule has 0 aromatic heterocycles. The van der Waals surface area contributed by atoms with Crippen molar-refractivity contribution in [2.75, 3.05) is 19.8 Å². The number of esters is 2. The fourth-order valence-corrected chi connectivity index (χ4v) is 5.91. The fraction of sp³-hybridized carbons (Fsp3) is 0.644. The van der Waals surface area contributed by atoms with Crippen molar-refractivity contribution in [1.82, 2.24) is 0 Å². The summed E-state index contributed by atoms with van der Waals surface area (Å²) in [5, 5.41) is 0. The van der Waals surface area contributed by atoms with E-state index < -0.39 is 32.5 Å². The SMILES string of the molecule is CC/C=C\C/C=C\C/C=C\C/C=C\C/C=C\CCCCCC(=O)OC(COC(=O)CCCCCCC/C=C\C/C=C\CCCCC)COP(=O)(O)OCC. The third-order valence-corrected chi connectivity index (χ3v) is 9.24. The molecule has 0 heterocycles. The molecule has 0 saturated carbocycles. The topological polar surface area (TPSA) is 108 Å². The minimum absolute atomic E-state index is 0.0135. The van der Waals surface area contributed by atoms with Gasteiger partial charge < -0.3 is 14.4 Å². The largest absolute Gasteiger partial charge is 0.472 e. The molecule has 308 valence electrons. The molecule has 8 nitrogen and oxygen atoms in total. The molecule has 0 aliphatic rings. The minimum atomic E-state index is -4.30. The Balaban J connectivity index is 4.22. The number of rotatable bonds is 37. The first-order valence-electron chi connectivity index (χ1n) is 20.9. The Morgan fingerprint density at radius 3 is 1.44 bits per heavy atom. The van der Waals surface area contributed by atoms with Crippen molar-refractivity contribution < 1.29 is 37.6 Å². The van der Waals surface area contributed by atoms with Gasteiger partial charge in [-0.15, -0.1) is 0 Å². The maximum atomic E-state index is 12.5. The van der Waals surface area contributed by atoms with Gasteiger partial charge in [-0.3, -0.25) is 18.6 Å². The van der Waals surface area contributed by atoms with Gasteiger partial charge in [0.15, 0.2) is 6.10 Å². The van der Waals surface area contributed by atoms with Gasteiger partial charge in [0.25, 0.3) is 0 Å². The minimum Gasteiger partial charge on any atom is -0.462 e. The molecular formula is C45H75O8P. The number of carbonyl (C=O) groups is 2. The summed E-state index contributed by atoms with van der Waals surface area (Å²) in [5.74, 6) is -0.860. The lowest BCUT2D eigenvalue weighted by Crippen LogP contribution is -2.29. The van der Waals surface area contributed by atoms with E-state index in [0.717, 1.165) is 89.9 Å². The molecule has 0 radical (unpaired) electrons. The molecule has 0 fully saturated rings. The molecule has 0 spiro atoms. The van der Waals surface area contributed by atoms with Gasteiger partial charge in [-0.1, -0.05) is 137 Å². The maximum absolute atomic E-state index is 12.5. The van der Waals surface area contributed by atoms with Crippen LogP contribution in [0, 0.1) is 0 Å². The van der Waals surface area contributed by atoms with Crippen LogP contribution >= 0.6 is 7.82 Å². The monoisotopic (exact) mass is 775 g/mol. The van der Waals surface area contributed by atoms with E-state index in [1.807, 2.05) is 0 Å².